The van der Waals surface area contributed by atoms with Crippen molar-refractivity contribution in [2.75, 3.05) is 0 Å². The number of nitrogens with one attached hydrogen (secondary N) is 2. The third-order valence-electron chi connectivity index (χ3n) is 4.08. The predicted octanol–water partition coefficient (Wildman–Crippen LogP) is 4.24. The fourth-order valence-corrected chi connectivity index (χ4v) is 3.01. The number of nitrogens with zero attached hydrogens (tertiary/aromatic N) is 1. The van der Waals surface area contributed by atoms with Gasteiger partial charge in [0.2, 0.25) is 0 Å². The van der Waals surface area contributed by atoms with Crippen LogP contribution in [0.15, 0.2) is 55.0 Å². The number of hydrogen-bond acceptors (Lipinski definition) is 3. The van der Waals surface area contributed by atoms with Crippen LogP contribution < -0.4 is 5.32 Å². The number of aromatic amines is 1. The van der Waals surface area contributed by atoms with Crippen LogP contribution in [0.4, 0.5) is 4.79 Å². The van der Waals surface area contributed by atoms with Crippen molar-refractivity contribution < 1.29 is 9.53 Å². The van der Waals surface area contributed by atoms with Crippen LogP contribution in [0, 0.1) is 0 Å². The molecule has 1 aromatic carbocycles. The lowest BCUT2D eigenvalue weighted by molar-refractivity contribution is 0.0504. The molecule has 5 heteroatoms. The van der Waals surface area contributed by atoms with Crippen molar-refractivity contribution in [1.29, 1.82) is 0 Å². The Kier molecular flexibility index (Phi) is 5.26. The van der Waals surface area contributed by atoms with Crippen molar-refractivity contribution in [3.8, 4) is 0 Å². The molecule has 0 bridgehead atoms. The number of alkyl carbamates (subject to hydrolysis) is 1. The third kappa shape index (κ3) is 4.85. The van der Waals surface area contributed by atoms with E-state index in [-0.39, 0.29) is 12.1 Å². The van der Waals surface area contributed by atoms with Gasteiger partial charge in [0.25, 0.3) is 0 Å². The minimum absolute atomic E-state index is 0.0700. The van der Waals surface area contributed by atoms with Gasteiger partial charge in [0, 0.05) is 23.8 Å². The van der Waals surface area contributed by atoms with E-state index in [4.69, 9.17) is 4.74 Å². The lowest BCUT2D eigenvalue weighted by Crippen LogP contribution is -2.41. The van der Waals surface area contributed by atoms with E-state index in [1.54, 1.807) is 6.20 Å². The van der Waals surface area contributed by atoms with Crippen LogP contribution in [0.25, 0.3) is 10.9 Å². The predicted molar refractivity (Wildman–Crippen MR) is 103 cm³/mol. The van der Waals surface area contributed by atoms with Crippen LogP contribution in [0.5, 0.6) is 0 Å². The lowest BCUT2D eigenvalue weighted by Gasteiger charge is -2.24. The number of ether oxygens (including phenoxy) is 1. The molecule has 3 rings (SSSR count). The highest BCUT2D eigenvalue weighted by Gasteiger charge is 2.21. The van der Waals surface area contributed by atoms with Gasteiger partial charge >= 0.3 is 6.09 Å². The molecule has 2 N–H and O–H groups in total. The summed E-state index contributed by atoms with van der Waals surface area (Å²) in [6.07, 6.45) is 6.64. The zero-order chi connectivity index (χ0) is 18.6. The van der Waals surface area contributed by atoms with Gasteiger partial charge < -0.3 is 15.0 Å². The fourth-order valence-electron chi connectivity index (χ4n) is 3.01. The Balaban J connectivity index is 1.79. The van der Waals surface area contributed by atoms with Crippen LogP contribution in [0.3, 0.4) is 0 Å². The lowest BCUT2D eigenvalue weighted by atomic mass is 9.99. The van der Waals surface area contributed by atoms with E-state index in [1.165, 1.54) is 5.56 Å². The minimum atomic E-state index is -0.520. The Morgan fingerprint density at radius 2 is 1.96 bits per heavy atom. The van der Waals surface area contributed by atoms with Gasteiger partial charge in [-0.05, 0) is 50.8 Å². The standard InChI is InChI=1S/C21H25N3O2/c1-21(2,3)26-20(25)24-17(11-15-7-5-4-6-8-15)12-16-13-23-19-14-22-10-9-18(16)19/h4-10,13-14,17,23H,11-12H2,1-3H3,(H,24,25). The SMILES string of the molecule is CC(C)(C)OC(=O)NC(Cc1ccccc1)Cc1c[nH]c2cnccc12. The molecule has 0 aliphatic carbocycles. The van der Waals surface area contributed by atoms with E-state index in [9.17, 15) is 4.79 Å². The number of fused-ring (bicyclic) bond motifs is 1. The summed E-state index contributed by atoms with van der Waals surface area (Å²) in [5.74, 6) is 0. The maximum absolute atomic E-state index is 12.3. The molecule has 1 unspecified atom stereocenters. The zero-order valence-corrected chi connectivity index (χ0v) is 15.5. The summed E-state index contributed by atoms with van der Waals surface area (Å²) in [6, 6.07) is 12.1. The van der Waals surface area contributed by atoms with Gasteiger partial charge in [-0.1, -0.05) is 30.3 Å². The molecule has 26 heavy (non-hydrogen) atoms. The number of carbonyl (C=O) groups is 1. The van der Waals surface area contributed by atoms with E-state index in [2.05, 4.69) is 27.4 Å². The second kappa shape index (κ2) is 7.60. The number of carbonyl (C=O) groups excluding carboxylic acids is 1. The summed E-state index contributed by atoms with van der Waals surface area (Å²) in [6.45, 7) is 5.60. The summed E-state index contributed by atoms with van der Waals surface area (Å²) in [5.41, 5.74) is 2.81. The second-order valence-corrected chi connectivity index (χ2v) is 7.47. The first-order chi connectivity index (χ1) is 12.4. The minimum Gasteiger partial charge on any atom is -0.444 e. The molecule has 2 heterocycles. The molecule has 136 valence electrons. The molecule has 1 amide bonds. The van der Waals surface area contributed by atoms with E-state index in [0.717, 1.165) is 22.9 Å². The molecule has 2 aromatic heterocycles. The van der Waals surface area contributed by atoms with Crippen LogP contribution >= 0.6 is 0 Å². The Hall–Kier alpha value is -2.82. The highest BCUT2D eigenvalue weighted by molar-refractivity contribution is 5.82. The highest BCUT2D eigenvalue weighted by Crippen LogP contribution is 2.19. The van der Waals surface area contributed by atoms with Gasteiger partial charge in [-0.15, -0.1) is 0 Å². The van der Waals surface area contributed by atoms with E-state index < -0.39 is 5.60 Å². The highest BCUT2D eigenvalue weighted by atomic mass is 16.6. The van der Waals surface area contributed by atoms with Gasteiger partial charge in [-0.2, -0.15) is 0 Å². The molecule has 0 radical (unpaired) electrons. The number of pyridine rings is 1. The first-order valence-corrected chi connectivity index (χ1v) is 8.84. The van der Waals surface area contributed by atoms with E-state index >= 15 is 0 Å². The maximum atomic E-state index is 12.3. The second-order valence-electron chi connectivity index (χ2n) is 7.47. The Morgan fingerprint density at radius 1 is 1.19 bits per heavy atom. The average Bonchev–Trinajstić information content (AvgIpc) is 2.97. The number of H-pyrrole nitrogens is 1. The van der Waals surface area contributed by atoms with Crippen molar-refractivity contribution in [3.63, 3.8) is 0 Å². The van der Waals surface area contributed by atoms with Crippen LogP contribution in [-0.4, -0.2) is 27.7 Å². The summed E-state index contributed by atoms with van der Waals surface area (Å²) >= 11 is 0. The first-order valence-electron chi connectivity index (χ1n) is 8.84. The van der Waals surface area contributed by atoms with Crippen LogP contribution in [0.2, 0.25) is 0 Å². The fraction of sp³-hybridized carbons (Fsp3) is 0.333. The van der Waals surface area contributed by atoms with Crippen molar-refractivity contribution in [3.05, 3.63) is 66.1 Å². The number of benzene rings is 1. The molecule has 0 fully saturated rings. The number of amides is 1. The Bertz CT molecular complexity index is 866. The number of hydrogen-bond donors (Lipinski definition) is 2. The third-order valence-corrected chi connectivity index (χ3v) is 4.08. The molecule has 0 spiro atoms. The van der Waals surface area contributed by atoms with Gasteiger partial charge in [-0.25, -0.2) is 4.79 Å². The molecule has 5 nitrogen and oxygen atoms in total. The maximum Gasteiger partial charge on any atom is 0.407 e. The first kappa shape index (κ1) is 18.0. The molecule has 0 aliphatic rings. The molecule has 0 saturated heterocycles. The van der Waals surface area contributed by atoms with Gasteiger partial charge in [0.05, 0.1) is 11.7 Å². The molecule has 3 aromatic rings. The van der Waals surface area contributed by atoms with Crippen LogP contribution in [-0.2, 0) is 17.6 Å². The molecule has 1 atom stereocenters. The van der Waals surface area contributed by atoms with Gasteiger partial charge in [0.1, 0.15) is 5.60 Å². The molecule has 0 saturated carbocycles. The summed E-state index contributed by atoms with van der Waals surface area (Å²) < 4.78 is 5.44. The summed E-state index contributed by atoms with van der Waals surface area (Å²) in [5, 5.41) is 4.16. The normalized spacial score (nSPS) is 12.7. The van der Waals surface area contributed by atoms with Gasteiger partial charge in [0.15, 0.2) is 0 Å². The number of aromatic nitrogens is 2. The topological polar surface area (TPSA) is 67.0 Å². The van der Waals surface area contributed by atoms with Crippen molar-refractivity contribution >= 4 is 17.0 Å². The monoisotopic (exact) mass is 351 g/mol. The summed E-state index contributed by atoms with van der Waals surface area (Å²) in [7, 11) is 0. The number of rotatable bonds is 5. The average molecular weight is 351 g/mol. The van der Waals surface area contributed by atoms with Crippen molar-refractivity contribution in [1.82, 2.24) is 15.3 Å². The van der Waals surface area contributed by atoms with Crippen LogP contribution in [0.1, 0.15) is 31.9 Å². The zero-order valence-electron chi connectivity index (χ0n) is 15.5. The summed E-state index contributed by atoms with van der Waals surface area (Å²) in [4.78, 5) is 19.7. The van der Waals surface area contributed by atoms with Gasteiger partial charge in [-0.3, -0.25) is 4.98 Å². The molecular formula is C21H25N3O2. The smallest absolute Gasteiger partial charge is 0.407 e. The Labute approximate surface area is 153 Å². The largest absolute Gasteiger partial charge is 0.444 e. The molecular weight excluding hydrogens is 326 g/mol. The quantitative estimate of drug-likeness (QED) is 0.722. The molecule has 0 aliphatic heterocycles. The van der Waals surface area contributed by atoms with E-state index in [1.807, 2.05) is 57.4 Å². The van der Waals surface area contributed by atoms with E-state index in [0.29, 0.717) is 6.42 Å². The van der Waals surface area contributed by atoms with Crippen molar-refractivity contribution in [2.45, 2.75) is 45.3 Å². The van der Waals surface area contributed by atoms with Crippen molar-refractivity contribution in [2.24, 2.45) is 0 Å². The Morgan fingerprint density at radius 3 is 2.69 bits per heavy atom.